The highest BCUT2D eigenvalue weighted by Gasteiger charge is 2.04. The summed E-state index contributed by atoms with van der Waals surface area (Å²) in [5, 5.41) is 2.95. The monoisotopic (exact) mass is 157 g/mol. The van der Waals surface area contributed by atoms with Crippen molar-refractivity contribution >= 4 is 11.8 Å². The molecule has 0 heterocycles. The number of hydrogen-bond donors (Lipinski definition) is 0. The predicted molar refractivity (Wildman–Crippen MR) is 35.4 cm³/mol. The van der Waals surface area contributed by atoms with Crippen LogP contribution in [0.4, 0.5) is 0 Å². The van der Waals surface area contributed by atoms with E-state index in [0.29, 0.717) is 0 Å². The predicted octanol–water partition coefficient (Wildman–Crippen LogP) is 0.776. The van der Waals surface area contributed by atoms with Crippen molar-refractivity contribution in [3.8, 4) is 0 Å². The molecule has 0 saturated heterocycles. The van der Waals surface area contributed by atoms with Crippen LogP contribution in [-0.2, 0) is 14.3 Å². The molecule has 0 amide bonds. The molecule has 0 aromatic heterocycles. The van der Waals surface area contributed by atoms with Gasteiger partial charge in [0.15, 0.2) is 6.73 Å². The Hall–Kier alpha value is -1.55. The first-order chi connectivity index (χ1) is 5.16. The zero-order valence-corrected chi connectivity index (χ0v) is 5.98. The van der Waals surface area contributed by atoms with Gasteiger partial charge in [-0.2, -0.15) is 0 Å². The number of rotatable bonds is 4. The first kappa shape index (κ1) is 9.45. The molecule has 6 nitrogen and oxygen atoms in total. The highest BCUT2D eigenvalue weighted by atomic mass is 16.5. The highest BCUT2D eigenvalue weighted by molar-refractivity contribution is 5.94. The summed E-state index contributed by atoms with van der Waals surface area (Å²) in [6, 6.07) is 0. The average Bonchev–Trinajstić information content (AvgIpc) is 1.86. The minimum absolute atomic E-state index is 0.277. The fourth-order valence-electron chi connectivity index (χ4n) is 0.381. The SMILES string of the molecule is CC(=O)CC(=O)OCN=[N+]=[N-]. The zero-order valence-electron chi connectivity index (χ0n) is 5.98. The maximum atomic E-state index is 10.5. The molecular weight excluding hydrogens is 150 g/mol. The standard InChI is InChI=1S/C5H7N3O3/c1-4(9)2-5(10)11-3-7-8-6/h2-3H2,1H3. The van der Waals surface area contributed by atoms with Crippen molar-refractivity contribution in [1.82, 2.24) is 0 Å². The van der Waals surface area contributed by atoms with Gasteiger partial charge in [0.25, 0.3) is 0 Å². The number of Topliss-reactive ketones (excluding diaryl/α,β-unsaturated/α-hetero) is 1. The van der Waals surface area contributed by atoms with Gasteiger partial charge in [0.1, 0.15) is 12.2 Å². The molecule has 0 spiro atoms. The van der Waals surface area contributed by atoms with Gasteiger partial charge in [0.05, 0.1) is 0 Å². The number of carbonyl (C=O) groups is 2. The van der Waals surface area contributed by atoms with Gasteiger partial charge in [-0.3, -0.25) is 9.59 Å². The van der Waals surface area contributed by atoms with Crippen molar-refractivity contribution in [3.63, 3.8) is 0 Å². The molecule has 0 bridgehead atoms. The van der Waals surface area contributed by atoms with Crippen molar-refractivity contribution in [3.05, 3.63) is 10.4 Å². The molecule has 0 fully saturated rings. The Morgan fingerprint density at radius 2 is 2.27 bits per heavy atom. The average molecular weight is 157 g/mol. The molecule has 0 aromatic carbocycles. The Labute approximate surface area is 62.8 Å². The van der Waals surface area contributed by atoms with E-state index in [0.717, 1.165) is 0 Å². The van der Waals surface area contributed by atoms with Gasteiger partial charge in [-0.15, -0.1) is 0 Å². The van der Waals surface area contributed by atoms with Crippen LogP contribution in [0.25, 0.3) is 10.4 Å². The number of hydrogen-bond acceptors (Lipinski definition) is 4. The van der Waals surface area contributed by atoms with Gasteiger partial charge >= 0.3 is 5.97 Å². The van der Waals surface area contributed by atoms with Crippen LogP contribution >= 0.6 is 0 Å². The van der Waals surface area contributed by atoms with E-state index in [1.165, 1.54) is 6.92 Å². The van der Waals surface area contributed by atoms with Crippen molar-refractivity contribution < 1.29 is 14.3 Å². The van der Waals surface area contributed by atoms with Gasteiger partial charge in [-0.1, -0.05) is 5.11 Å². The molecule has 0 atom stereocenters. The van der Waals surface area contributed by atoms with Crippen LogP contribution < -0.4 is 0 Å². The second kappa shape index (κ2) is 5.25. The van der Waals surface area contributed by atoms with Gasteiger partial charge in [0.2, 0.25) is 0 Å². The molecule has 0 aromatic rings. The Kier molecular flexibility index (Phi) is 4.51. The molecule has 0 rings (SSSR count). The maximum absolute atomic E-state index is 10.5. The third-order valence-corrected chi connectivity index (χ3v) is 0.740. The Bertz CT molecular complexity index is 207. The van der Waals surface area contributed by atoms with Crippen LogP contribution in [-0.4, -0.2) is 18.5 Å². The van der Waals surface area contributed by atoms with Crippen molar-refractivity contribution in [2.24, 2.45) is 5.11 Å². The molecule has 0 radical (unpaired) electrons. The molecule has 0 aliphatic carbocycles. The van der Waals surface area contributed by atoms with Crippen molar-refractivity contribution in [1.29, 1.82) is 0 Å². The zero-order chi connectivity index (χ0) is 8.69. The molecule has 11 heavy (non-hydrogen) atoms. The van der Waals surface area contributed by atoms with E-state index in [2.05, 4.69) is 14.8 Å². The smallest absolute Gasteiger partial charge is 0.313 e. The highest BCUT2D eigenvalue weighted by Crippen LogP contribution is 1.87. The normalized spacial score (nSPS) is 8.09. The lowest BCUT2D eigenvalue weighted by atomic mass is 10.3. The molecule has 0 unspecified atom stereocenters. The summed E-state index contributed by atoms with van der Waals surface area (Å²) >= 11 is 0. The topological polar surface area (TPSA) is 92.1 Å². The van der Waals surface area contributed by atoms with Crippen LogP contribution in [0.5, 0.6) is 0 Å². The van der Waals surface area contributed by atoms with E-state index < -0.39 is 5.97 Å². The number of carbonyl (C=O) groups excluding carboxylic acids is 2. The summed E-state index contributed by atoms with van der Waals surface area (Å²) in [7, 11) is 0. The van der Waals surface area contributed by atoms with E-state index in [1.54, 1.807) is 0 Å². The second-order valence-corrected chi connectivity index (χ2v) is 1.76. The third kappa shape index (κ3) is 6.33. The van der Waals surface area contributed by atoms with Crippen LogP contribution in [0, 0.1) is 0 Å². The van der Waals surface area contributed by atoms with Gasteiger partial charge in [0, 0.05) is 4.91 Å². The lowest BCUT2D eigenvalue weighted by Crippen LogP contribution is -2.08. The van der Waals surface area contributed by atoms with Crippen LogP contribution in [0.3, 0.4) is 0 Å². The molecule has 0 aliphatic rings. The quantitative estimate of drug-likeness (QED) is 0.198. The Morgan fingerprint density at radius 3 is 2.73 bits per heavy atom. The first-order valence-corrected chi connectivity index (χ1v) is 2.82. The lowest BCUT2D eigenvalue weighted by molar-refractivity contribution is -0.145. The summed E-state index contributed by atoms with van der Waals surface area (Å²) in [5.41, 5.74) is 7.76. The molecule has 0 saturated carbocycles. The molecule has 60 valence electrons. The van der Waals surface area contributed by atoms with E-state index in [-0.39, 0.29) is 18.9 Å². The third-order valence-electron chi connectivity index (χ3n) is 0.740. The Morgan fingerprint density at radius 1 is 1.64 bits per heavy atom. The number of esters is 1. The van der Waals surface area contributed by atoms with E-state index in [1.807, 2.05) is 0 Å². The second-order valence-electron chi connectivity index (χ2n) is 1.76. The lowest BCUT2D eigenvalue weighted by Gasteiger charge is -1.96. The van der Waals surface area contributed by atoms with Crippen molar-refractivity contribution in [2.75, 3.05) is 6.73 Å². The van der Waals surface area contributed by atoms with Crippen LogP contribution in [0.2, 0.25) is 0 Å². The Balaban J connectivity index is 3.53. The van der Waals surface area contributed by atoms with E-state index in [4.69, 9.17) is 5.53 Å². The minimum Gasteiger partial charge on any atom is -0.459 e. The molecule has 0 N–H and O–H groups in total. The van der Waals surface area contributed by atoms with Gasteiger partial charge < -0.3 is 4.74 Å². The maximum Gasteiger partial charge on any atom is 0.313 e. The molecule has 6 heteroatoms. The molecule has 0 aliphatic heterocycles. The summed E-state index contributed by atoms with van der Waals surface area (Å²) in [6.07, 6.45) is -0.277. The van der Waals surface area contributed by atoms with E-state index in [9.17, 15) is 9.59 Å². The first-order valence-electron chi connectivity index (χ1n) is 2.82. The number of azide groups is 1. The molecular formula is C5H7N3O3. The summed E-state index contributed by atoms with van der Waals surface area (Å²) in [4.78, 5) is 23.1. The summed E-state index contributed by atoms with van der Waals surface area (Å²) in [6.45, 7) is 0.914. The number of ketones is 1. The number of nitrogens with zero attached hydrogens (tertiary/aromatic N) is 3. The van der Waals surface area contributed by atoms with Crippen molar-refractivity contribution in [2.45, 2.75) is 13.3 Å². The van der Waals surface area contributed by atoms with Crippen LogP contribution in [0.15, 0.2) is 5.11 Å². The summed E-state index contributed by atoms with van der Waals surface area (Å²) < 4.78 is 4.31. The number of ether oxygens (including phenoxy) is 1. The van der Waals surface area contributed by atoms with Gasteiger partial charge in [-0.05, 0) is 12.5 Å². The largest absolute Gasteiger partial charge is 0.459 e. The van der Waals surface area contributed by atoms with E-state index >= 15 is 0 Å². The fraction of sp³-hybridized carbons (Fsp3) is 0.600. The fourth-order valence-corrected chi connectivity index (χ4v) is 0.381. The van der Waals surface area contributed by atoms with Gasteiger partial charge in [-0.25, -0.2) is 0 Å². The van der Waals surface area contributed by atoms with Crippen LogP contribution in [0.1, 0.15) is 13.3 Å². The summed E-state index contributed by atoms with van der Waals surface area (Å²) in [5.74, 6) is -0.958. The minimum atomic E-state index is -0.676.